The maximum absolute atomic E-state index is 12.6. The van der Waals surface area contributed by atoms with Gasteiger partial charge in [-0.3, -0.25) is 5.10 Å². The number of hydrogen-bond acceptors (Lipinski definition) is 3. The number of aromatic nitrogens is 2. The van der Waals surface area contributed by atoms with E-state index in [1.165, 1.54) is 36.5 Å². The summed E-state index contributed by atoms with van der Waals surface area (Å²) in [5.41, 5.74) is 0.675. The minimum Gasteiger partial charge on any atom is -0.266 e. The van der Waals surface area contributed by atoms with Gasteiger partial charge in [-0.2, -0.15) is 5.10 Å². The zero-order chi connectivity index (χ0) is 12.3. The molecule has 0 aliphatic carbocycles. The molecule has 0 atom stereocenters. The molecule has 2 N–H and O–H groups in total. The molecular weight excluding hydrogens is 245 g/mol. The summed E-state index contributed by atoms with van der Waals surface area (Å²) in [7, 11) is -3.59. The smallest absolute Gasteiger partial charge is 0.257 e. The molecular formula is C10H10FN3O2S. The number of sulfonamides is 1. The van der Waals surface area contributed by atoms with Crippen LogP contribution in [-0.4, -0.2) is 18.6 Å². The van der Waals surface area contributed by atoms with E-state index in [-0.39, 0.29) is 17.4 Å². The molecule has 1 aromatic heterocycles. The highest BCUT2D eigenvalue weighted by molar-refractivity contribution is 7.89. The van der Waals surface area contributed by atoms with Gasteiger partial charge in [0.25, 0.3) is 10.0 Å². The lowest BCUT2D eigenvalue weighted by atomic mass is 10.2. The van der Waals surface area contributed by atoms with Crippen LogP contribution in [0.15, 0.2) is 41.6 Å². The van der Waals surface area contributed by atoms with Crippen LogP contribution in [-0.2, 0) is 16.6 Å². The Labute approximate surface area is 97.7 Å². The average molecular weight is 255 g/mol. The van der Waals surface area contributed by atoms with E-state index in [0.717, 1.165) is 0 Å². The molecule has 7 heteroatoms. The Morgan fingerprint density at radius 2 is 1.94 bits per heavy atom. The number of H-pyrrole nitrogens is 1. The third-order valence-electron chi connectivity index (χ3n) is 2.14. The standard InChI is InChI=1S/C10H10FN3O2S/c11-9-3-1-8(2-4-9)7-13-17(15,16)10-5-6-12-14-10/h1-6,13H,7H2,(H,12,14). The Balaban J connectivity index is 2.06. The van der Waals surface area contributed by atoms with E-state index in [1.807, 2.05) is 0 Å². The molecule has 0 saturated carbocycles. The van der Waals surface area contributed by atoms with Crippen LogP contribution < -0.4 is 4.72 Å². The molecule has 1 heterocycles. The minimum atomic E-state index is -3.59. The van der Waals surface area contributed by atoms with Gasteiger partial charge in [-0.1, -0.05) is 12.1 Å². The molecule has 0 fully saturated rings. The first kappa shape index (κ1) is 11.7. The molecule has 0 aliphatic heterocycles. The van der Waals surface area contributed by atoms with E-state index < -0.39 is 10.0 Å². The van der Waals surface area contributed by atoms with Crippen LogP contribution in [0, 0.1) is 5.82 Å². The summed E-state index contributed by atoms with van der Waals surface area (Å²) in [6.07, 6.45) is 1.35. The van der Waals surface area contributed by atoms with Gasteiger partial charge < -0.3 is 0 Å². The minimum absolute atomic E-state index is 0.000360. The lowest BCUT2D eigenvalue weighted by Crippen LogP contribution is -2.23. The summed E-state index contributed by atoms with van der Waals surface area (Å²) in [6.45, 7) is 0.0988. The molecule has 0 radical (unpaired) electrons. The number of halogens is 1. The first-order chi connectivity index (χ1) is 8.08. The van der Waals surface area contributed by atoms with Crippen molar-refractivity contribution >= 4 is 10.0 Å². The fourth-order valence-electron chi connectivity index (χ4n) is 1.25. The maximum atomic E-state index is 12.6. The van der Waals surface area contributed by atoms with Gasteiger partial charge in [0, 0.05) is 6.54 Å². The zero-order valence-corrected chi connectivity index (χ0v) is 9.54. The van der Waals surface area contributed by atoms with E-state index >= 15 is 0 Å². The van der Waals surface area contributed by atoms with E-state index in [9.17, 15) is 12.8 Å². The van der Waals surface area contributed by atoms with Gasteiger partial charge in [0.15, 0.2) is 5.03 Å². The van der Waals surface area contributed by atoms with Crippen molar-refractivity contribution < 1.29 is 12.8 Å². The van der Waals surface area contributed by atoms with Crippen LogP contribution >= 0.6 is 0 Å². The Hall–Kier alpha value is -1.73. The number of aromatic amines is 1. The quantitative estimate of drug-likeness (QED) is 0.856. The summed E-state index contributed by atoms with van der Waals surface area (Å²) in [5, 5.41) is 5.92. The zero-order valence-electron chi connectivity index (χ0n) is 8.72. The summed E-state index contributed by atoms with van der Waals surface area (Å²) < 4.78 is 38.4. The normalized spacial score (nSPS) is 11.6. The van der Waals surface area contributed by atoms with Crippen molar-refractivity contribution in [1.82, 2.24) is 14.9 Å². The molecule has 0 unspecified atom stereocenters. The highest BCUT2D eigenvalue weighted by Gasteiger charge is 2.14. The fraction of sp³-hybridized carbons (Fsp3) is 0.100. The Morgan fingerprint density at radius 1 is 1.24 bits per heavy atom. The third kappa shape index (κ3) is 2.89. The fourth-order valence-corrected chi connectivity index (χ4v) is 2.18. The molecule has 0 bridgehead atoms. The van der Waals surface area contributed by atoms with Gasteiger partial charge in [-0.05, 0) is 23.8 Å². The van der Waals surface area contributed by atoms with Crippen LogP contribution in [0.5, 0.6) is 0 Å². The SMILES string of the molecule is O=S(=O)(NCc1ccc(F)cc1)c1ccn[nH]1. The van der Waals surface area contributed by atoms with Gasteiger partial charge in [0.2, 0.25) is 0 Å². The van der Waals surface area contributed by atoms with Crippen molar-refractivity contribution in [3.05, 3.63) is 47.9 Å². The highest BCUT2D eigenvalue weighted by atomic mass is 32.2. The van der Waals surface area contributed by atoms with Crippen molar-refractivity contribution in [2.45, 2.75) is 11.6 Å². The second kappa shape index (κ2) is 4.64. The van der Waals surface area contributed by atoms with Gasteiger partial charge >= 0.3 is 0 Å². The Bertz CT molecular complexity index is 579. The highest BCUT2D eigenvalue weighted by Crippen LogP contribution is 2.06. The molecule has 17 heavy (non-hydrogen) atoms. The predicted octanol–water partition coefficient (Wildman–Crippen LogP) is 1.03. The largest absolute Gasteiger partial charge is 0.266 e. The Kier molecular flexibility index (Phi) is 3.21. The van der Waals surface area contributed by atoms with Gasteiger partial charge in [-0.15, -0.1) is 0 Å². The molecule has 5 nitrogen and oxygen atoms in total. The van der Waals surface area contributed by atoms with Crippen molar-refractivity contribution in [1.29, 1.82) is 0 Å². The van der Waals surface area contributed by atoms with E-state index in [4.69, 9.17) is 0 Å². The lowest BCUT2D eigenvalue weighted by molar-refractivity contribution is 0.577. The van der Waals surface area contributed by atoms with Crippen LogP contribution in [0.1, 0.15) is 5.56 Å². The molecule has 0 saturated heterocycles. The molecule has 1 aromatic carbocycles. The van der Waals surface area contributed by atoms with E-state index in [1.54, 1.807) is 0 Å². The van der Waals surface area contributed by atoms with E-state index in [0.29, 0.717) is 5.56 Å². The molecule has 90 valence electrons. The predicted molar refractivity (Wildman–Crippen MR) is 59.0 cm³/mol. The number of hydrogen-bond donors (Lipinski definition) is 2. The summed E-state index contributed by atoms with van der Waals surface area (Å²) >= 11 is 0. The van der Waals surface area contributed by atoms with Crippen LogP contribution in [0.2, 0.25) is 0 Å². The average Bonchev–Trinajstić information content (AvgIpc) is 2.82. The van der Waals surface area contributed by atoms with Crippen molar-refractivity contribution in [2.75, 3.05) is 0 Å². The van der Waals surface area contributed by atoms with Crippen LogP contribution in [0.4, 0.5) is 4.39 Å². The van der Waals surface area contributed by atoms with Crippen LogP contribution in [0.25, 0.3) is 0 Å². The monoisotopic (exact) mass is 255 g/mol. The first-order valence-corrected chi connectivity index (χ1v) is 6.30. The molecule has 0 aliphatic rings. The molecule has 0 spiro atoms. The van der Waals surface area contributed by atoms with Crippen molar-refractivity contribution in [3.63, 3.8) is 0 Å². The van der Waals surface area contributed by atoms with Crippen LogP contribution in [0.3, 0.4) is 0 Å². The second-order valence-electron chi connectivity index (χ2n) is 3.37. The van der Waals surface area contributed by atoms with Crippen molar-refractivity contribution in [3.8, 4) is 0 Å². The summed E-state index contributed by atoms with van der Waals surface area (Å²) in [5.74, 6) is -0.356. The number of nitrogens with one attached hydrogen (secondary N) is 2. The number of rotatable bonds is 4. The van der Waals surface area contributed by atoms with Crippen molar-refractivity contribution in [2.24, 2.45) is 0 Å². The molecule has 2 rings (SSSR count). The van der Waals surface area contributed by atoms with Gasteiger partial charge in [-0.25, -0.2) is 17.5 Å². The topological polar surface area (TPSA) is 74.8 Å². The maximum Gasteiger partial charge on any atom is 0.257 e. The van der Waals surface area contributed by atoms with Gasteiger partial charge in [0.05, 0.1) is 6.20 Å². The summed E-state index contributed by atoms with van der Waals surface area (Å²) in [6, 6.07) is 6.95. The Morgan fingerprint density at radius 3 is 2.53 bits per heavy atom. The second-order valence-corrected chi connectivity index (χ2v) is 5.11. The van der Waals surface area contributed by atoms with Gasteiger partial charge in [0.1, 0.15) is 5.82 Å². The number of nitrogens with zero attached hydrogens (tertiary/aromatic N) is 1. The first-order valence-electron chi connectivity index (χ1n) is 4.81. The van der Waals surface area contributed by atoms with E-state index in [2.05, 4.69) is 14.9 Å². The summed E-state index contributed by atoms with van der Waals surface area (Å²) in [4.78, 5) is 0. The molecule has 0 amide bonds. The third-order valence-corrected chi connectivity index (χ3v) is 3.48. The lowest BCUT2D eigenvalue weighted by Gasteiger charge is -2.04. The number of benzene rings is 1. The molecule has 2 aromatic rings.